The molecule has 0 N–H and O–H groups in total. The number of ketones is 1. The zero-order chi connectivity index (χ0) is 17.7. The van der Waals surface area contributed by atoms with Gasteiger partial charge in [0.25, 0.3) is 5.69 Å². The second-order valence-corrected chi connectivity index (χ2v) is 7.24. The molecule has 7 nitrogen and oxygen atoms in total. The SMILES string of the molecule is CP(=O)(OCC(=O)c1ccc(Cl)cc1)Oc1ccc([N+](=O)[O-])cc1. The third kappa shape index (κ3) is 5.16. The Morgan fingerprint density at radius 1 is 1.17 bits per heavy atom. The Kier molecular flexibility index (Phi) is 5.72. The van der Waals surface area contributed by atoms with Crippen LogP contribution in [0.15, 0.2) is 48.5 Å². The van der Waals surface area contributed by atoms with Crippen molar-refractivity contribution in [1.29, 1.82) is 0 Å². The molecule has 0 heterocycles. The van der Waals surface area contributed by atoms with E-state index < -0.39 is 19.1 Å². The molecule has 1 atom stereocenters. The van der Waals surface area contributed by atoms with Crippen LogP contribution < -0.4 is 4.52 Å². The van der Waals surface area contributed by atoms with E-state index in [1.165, 1.54) is 43.1 Å². The van der Waals surface area contributed by atoms with Gasteiger partial charge in [-0.25, -0.2) is 4.57 Å². The van der Waals surface area contributed by atoms with Gasteiger partial charge in [-0.1, -0.05) is 11.6 Å². The largest absolute Gasteiger partial charge is 0.425 e. The maximum Gasteiger partial charge on any atom is 0.376 e. The Bertz CT molecular complexity index is 791. The topological polar surface area (TPSA) is 95.7 Å². The average molecular weight is 370 g/mol. The van der Waals surface area contributed by atoms with Gasteiger partial charge in [0.05, 0.1) is 4.92 Å². The first-order valence-electron chi connectivity index (χ1n) is 6.72. The fraction of sp³-hybridized carbons (Fsp3) is 0.133. The van der Waals surface area contributed by atoms with E-state index in [2.05, 4.69) is 0 Å². The average Bonchev–Trinajstić information content (AvgIpc) is 2.53. The lowest BCUT2D eigenvalue weighted by Gasteiger charge is -2.14. The van der Waals surface area contributed by atoms with Gasteiger partial charge in [-0.15, -0.1) is 0 Å². The Morgan fingerprint density at radius 2 is 1.75 bits per heavy atom. The highest BCUT2D eigenvalue weighted by Gasteiger charge is 2.21. The summed E-state index contributed by atoms with van der Waals surface area (Å²) in [4.78, 5) is 22.0. The summed E-state index contributed by atoms with van der Waals surface area (Å²) in [6, 6.07) is 11.2. The van der Waals surface area contributed by atoms with E-state index in [-0.39, 0.29) is 17.2 Å². The highest BCUT2D eigenvalue weighted by atomic mass is 35.5. The Labute approximate surface area is 142 Å². The van der Waals surface area contributed by atoms with Crippen molar-refractivity contribution in [3.05, 3.63) is 69.2 Å². The maximum atomic E-state index is 12.2. The first kappa shape index (κ1) is 18.1. The van der Waals surface area contributed by atoms with Crippen molar-refractivity contribution < 1.29 is 23.3 Å². The van der Waals surface area contributed by atoms with Gasteiger partial charge in [0.1, 0.15) is 12.4 Å². The lowest BCUT2D eigenvalue weighted by atomic mass is 10.1. The summed E-state index contributed by atoms with van der Waals surface area (Å²) >= 11 is 5.74. The lowest BCUT2D eigenvalue weighted by molar-refractivity contribution is -0.384. The molecule has 0 aliphatic rings. The second-order valence-electron chi connectivity index (χ2n) is 4.82. The molecule has 126 valence electrons. The highest BCUT2D eigenvalue weighted by molar-refractivity contribution is 7.53. The third-order valence-electron chi connectivity index (χ3n) is 2.92. The molecule has 0 aliphatic carbocycles. The van der Waals surface area contributed by atoms with Gasteiger partial charge < -0.3 is 4.52 Å². The molecule has 0 amide bonds. The number of nitrogens with zero attached hydrogens (tertiary/aromatic N) is 1. The number of carbonyl (C=O) groups excluding carboxylic acids is 1. The lowest BCUT2D eigenvalue weighted by Crippen LogP contribution is -2.09. The highest BCUT2D eigenvalue weighted by Crippen LogP contribution is 2.44. The molecule has 0 aromatic heterocycles. The van der Waals surface area contributed by atoms with Crippen molar-refractivity contribution in [3.8, 4) is 5.75 Å². The summed E-state index contributed by atoms with van der Waals surface area (Å²) in [6.45, 7) is 0.784. The van der Waals surface area contributed by atoms with Crippen molar-refractivity contribution in [1.82, 2.24) is 0 Å². The van der Waals surface area contributed by atoms with Gasteiger partial charge >= 0.3 is 7.60 Å². The van der Waals surface area contributed by atoms with E-state index in [1.807, 2.05) is 0 Å². The summed E-state index contributed by atoms with van der Waals surface area (Å²) in [5, 5.41) is 11.1. The monoisotopic (exact) mass is 369 g/mol. The van der Waals surface area contributed by atoms with E-state index in [1.54, 1.807) is 12.1 Å². The normalized spacial score (nSPS) is 13.1. The molecule has 2 aromatic rings. The van der Waals surface area contributed by atoms with Crippen molar-refractivity contribution in [2.24, 2.45) is 0 Å². The van der Waals surface area contributed by atoms with Crippen LogP contribution in [0, 0.1) is 10.1 Å². The molecule has 1 unspecified atom stereocenters. The number of benzene rings is 2. The van der Waals surface area contributed by atoms with E-state index in [0.29, 0.717) is 10.6 Å². The predicted molar refractivity (Wildman–Crippen MR) is 89.0 cm³/mol. The quantitative estimate of drug-likeness (QED) is 0.311. The van der Waals surface area contributed by atoms with Crippen molar-refractivity contribution >= 4 is 30.7 Å². The first-order chi connectivity index (χ1) is 11.3. The fourth-order valence-electron chi connectivity index (χ4n) is 1.74. The van der Waals surface area contributed by atoms with Crippen LogP contribution in [0.2, 0.25) is 5.02 Å². The van der Waals surface area contributed by atoms with Crippen LogP contribution in [0.3, 0.4) is 0 Å². The maximum absolute atomic E-state index is 12.2. The Hall–Kier alpha value is -2.21. The van der Waals surface area contributed by atoms with Gasteiger partial charge in [0.15, 0.2) is 5.78 Å². The smallest absolute Gasteiger partial charge is 0.376 e. The number of carbonyl (C=O) groups is 1. The van der Waals surface area contributed by atoms with Gasteiger partial charge in [-0.05, 0) is 36.4 Å². The summed E-state index contributed by atoms with van der Waals surface area (Å²) < 4.78 is 22.5. The zero-order valence-electron chi connectivity index (χ0n) is 12.5. The minimum Gasteiger partial charge on any atom is -0.425 e. The van der Waals surface area contributed by atoms with Crippen molar-refractivity contribution in [2.75, 3.05) is 13.3 Å². The number of non-ortho nitro benzene ring substituents is 1. The number of halogens is 1. The van der Waals surface area contributed by atoms with E-state index in [0.717, 1.165) is 0 Å². The Morgan fingerprint density at radius 3 is 2.29 bits per heavy atom. The molecule has 2 aromatic carbocycles. The van der Waals surface area contributed by atoms with Crippen molar-refractivity contribution in [3.63, 3.8) is 0 Å². The molecule has 24 heavy (non-hydrogen) atoms. The second kappa shape index (κ2) is 7.57. The molecule has 0 aliphatic heterocycles. The summed E-state index contributed by atoms with van der Waals surface area (Å²) in [6.07, 6.45) is 0. The van der Waals surface area contributed by atoms with Crippen LogP contribution in [0.5, 0.6) is 5.75 Å². The molecule has 0 fully saturated rings. The van der Waals surface area contributed by atoms with Gasteiger partial charge in [-0.2, -0.15) is 0 Å². The minimum atomic E-state index is -3.55. The zero-order valence-corrected chi connectivity index (χ0v) is 14.2. The van der Waals surface area contributed by atoms with Crippen LogP contribution in [0.1, 0.15) is 10.4 Å². The van der Waals surface area contributed by atoms with E-state index in [9.17, 15) is 19.5 Å². The van der Waals surface area contributed by atoms with Crippen LogP contribution in [-0.2, 0) is 9.09 Å². The molecule has 0 bridgehead atoms. The predicted octanol–water partition coefficient (Wildman–Crippen LogP) is 4.35. The summed E-state index contributed by atoms with van der Waals surface area (Å²) in [7, 11) is -3.55. The number of hydrogen-bond donors (Lipinski definition) is 0. The summed E-state index contributed by atoms with van der Waals surface area (Å²) in [5.41, 5.74) is 0.252. The number of Topliss-reactive ketones (excluding diaryl/α,β-unsaturated/α-hetero) is 1. The van der Waals surface area contributed by atoms with E-state index >= 15 is 0 Å². The molecule has 0 saturated carbocycles. The molecule has 9 heteroatoms. The fourth-order valence-corrected chi connectivity index (χ4v) is 2.78. The van der Waals surface area contributed by atoms with Gasteiger partial charge in [-0.3, -0.25) is 19.4 Å². The van der Waals surface area contributed by atoms with Crippen LogP contribution in [0.4, 0.5) is 5.69 Å². The first-order valence-corrected chi connectivity index (χ1v) is 9.08. The van der Waals surface area contributed by atoms with Crippen LogP contribution in [0.25, 0.3) is 0 Å². The van der Waals surface area contributed by atoms with Crippen molar-refractivity contribution in [2.45, 2.75) is 0 Å². The Balaban J connectivity index is 1.95. The molecule has 2 rings (SSSR count). The van der Waals surface area contributed by atoms with E-state index in [4.69, 9.17) is 20.6 Å². The molecular formula is C15H13ClNO6P. The molecule has 0 spiro atoms. The number of nitro benzene ring substituents is 1. The van der Waals surface area contributed by atoms with Gasteiger partial charge in [0.2, 0.25) is 0 Å². The number of nitro groups is 1. The third-order valence-corrected chi connectivity index (χ3v) is 4.31. The number of hydrogen-bond acceptors (Lipinski definition) is 6. The van der Waals surface area contributed by atoms with Gasteiger partial charge in [0, 0.05) is 29.4 Å². The van der Waals surface area contributed by atoms with Crippen LogP contribution >= 0.6 is 19.2 Å². The number of rotatable bonds is 7. The summed E-state index contributed by atoms with van der Waals surface area (Å²) in [5.74, 6) is -0.230. The minimum absolute atomic E-state index is 0.118. The standard InChI is InChI=1S/C15H13ClNO6P/c1-24(21,23-14-8-6-13(7-9-14)17(19)20)22-10-15(18)11-2-4-12(16)5-3-11/h2-9H,10H2,1H3. The van der Waals surface area contributed by atoms with Crippen LogP contribution in [-0.4, -0.2) is 24.0 Å². The molecule has 0 radical (unpaired) electrons. The molecule has 0 saturated heterocycles. The molecular weight excluding hydrogens is 357 g/mol.